The first-order valence-corrected chi connectivity index (χ1v) is 10.3. The van der Waals surface area contributed by atoms with E-state index in [9.17, 15) is 0 Å². The molecule has 1 N–H and O–H groups in total. The molecule has 5 aromatic rings. The fourth-order valence-electron chi connectivity index (χ4n) is 3.43. The molecule has 5 rings (SSSR count). The molecule has 0 atom stereocenters. The van der Waals surface area contributed by atoms with Gasteiger partial charge in [-0.15, -0.1) is 0 Å². The lowest BCUT2D eigenvalue weighted by molar-refractivity contribution is 1.03. The van der Waals surface area contributed by atoms with E-state index >= 15 is 0 Å². The number of hydrogen-bond donors (Lipinski definition) is 1. The highest BCUT2D eigenvalue weighted by atomic mass is 35.5. The van der Waals surface area contributed by atoms with Crippen LogP contribution < -0.4 is 5.32 Å². The summed E-state index contributed by atoms with van der Waals surface area (Å²) in [6.45, 7) is 0.551. The van der Waals surface area contributed by atoms with Gasteiger partial charge in [-0.05, 0) is 48.0 Å². The van der Waals surface area contributed by atoms with E-state index in [1.165, 1.54) is 0 Å². The summed E-state index contributed by atoms with van der Waals surface area (Å²) in [5.74, 6) is 1.36. The maximum absolute atomic E-state index is 6.43. The zero-order valence-corrected chi connectivity index (χ0v) is 17.3. The summed E-state index contributed by atoms with van der Waals surface area (Å²) in [6, 6.07) is 23.6. The largest absolute Gasteiger partial charge is 0.364 e. The van der Waals surface area contributed by atoms with Gasteiger partial charge in [0.25, 0.3) is 0 Å². The summed E-state index contributed by atoms with van der Waals surface area (Å²) in [6.07, 6.45) is 5.29. The fourth-order valence-corrected chi connectivity index (χ4v) is 3.67. The normalized spacial score (nSPS) is 10.9. The summed E-state index contributed by atoms with van der Waals surface area (Å²) >= 11 is 6.43. The monoisotopic (exact) mass is 423 g/mol. The first-order valence-electron chi connectivity index (χ1n) is 9.89. The molecule has 3 heterocycles. The molecule has 150 valence electrons. The summed E-state index contributed by atoms with van der Waals surface area (Å²) < 4.78 is 0. The Balaban J connectivity index is 1.63. The SMILES string of the molecule is Clc1ccccc1-c1ccc2nc(-c3cccnc3)nc(NCc3ccccn3)c2c1. The molecule has 0 spiro atoms. The van der Waals surface area contributed by atoms with Crippen LogP contribution in [0.3, 0.4) is 0 Å². The topological polar surface area (TPSA) is 63.6 Å². The molecule has 0 fully saturated rings. The van der Waals surface area contributed by atoms with Crippen LogP contribution in [-0.4, -0.2) is 19.9 Å². The lowest BCUT2D eigenvalue weighted by Gasteiger charge is -2.13. The van der Waals surface area contributed by atoms with Gasteiger partial charge in [-0.25, -0.2) is 9.97 Å². The summed E-state index contributed by atoms with van der Waals surface area (Å²) in [5, 5.41) is 5.06. The average Bonchev–Trinajstić information content (AvgIpc) is 2.83. The van der Waals surface area contributed by atoms with Crippen molar-refractivity contribution in [3.8, 4) is 22.5 Å². The van der Waals surface area contributed by atoms with E-state index in [2.05, 4.69) is 21.4 Å². The van der Waals surface area contributed by atoms with Gasteiger partial charge in [0.15, 0.2) is 5.82 Å². The molecular weight excluding hydrogens is 406 g/mol. The van der Waals surface area contributed by atoms with Gasteiger partial charge in [0, 0.05) is 40.1 Å². The van der Waals surface area contributed by atoms with Crippen LogP contribution in [-0.2, 0) is 6.54 Å². The number of halogens is 1. The van der Waals surface area contributed by atoms with E-state index in [4.69, 9.17) is 21.6 Å². The van der Waals surface area contributed by atoms with Gasteiger partial charge < -0.3 is 5.32 Å². The van der Waals surface area contributed by atoms with Crippen molar-refractivity contribution >= 4 is 28.3 Å². The molecule has 0 saturated carbocycles. The molecule has 0 radical (unpaired) electrons. The molecule has 2 aromatic carbocycles. The number of pyridine rings is 2. The van der Waals surface area contributed by atoms with Crippen molar-refractivity contribution in [3.05, 3.63) is 102 Å². The molecular formula is C25H18ClN5. The number of rotatable bonds is 5. The minimum Gasteiger partial charge on any atom is -0.364 e. The number of hydrogen-bond acceptors (Lipinski definition) is 5. The molecule has 5 nitrogen and oxygen atoms in total. The van der Waals surface area contributed by atoms with Gasteiger partial charge in [0.2, 0.25) is 0 Å². The number of nitrogens with zero attached hydrogens (tertiary/aromatic N) is 4. The number of anilines is 1. The standard InChI is InChI=1S/C25H18ClN5/c26-22-9-2-1-8-20(22)17-10-11-23-21(14-17)25(29-16-19-7-3-4-13-28-19)31-24(30-23)18-6-5-12-27-15-18/h1-15H,16H2,(H,29,30,31). The molecule has 31 heavy (non-hydrogen) atoms. The molecule has 0 bridgehead atoms. The Kier molecular flexibility index (Phi) is 5.25. The zero-order valence-electron chi connectivity index (χ0n) is 16.5. The van der Waals surface area contributed by atoms with Crippen molar-refractivity contribution in [3.63, 3.8) is 0 Å². The summed E-state index contributed by atoms with van der Waals surface area (Å²) in [5.41, 5.74) is 4.61. The second kappa shape index (κ2) is 8.50. The highest BCUT2D eigenvalue weighted by molar-refractivity contribution is 6.33. The highest BCUT2D eigenvalue weighted by Crippen LogP contribution is 2.32. The molecule has 0 unspecified atom stereocenters. The van der Waals surface area contributed by atoms with E-state index in [1.54, 1.807) is 18.6 Å². The predicted octanol–water partition coefficient (Wildman–Crippen LogP) is 6.02. The van der Waals surface area contributed by atoms with Gasteiger partial charge in [-0.2, -0.15) is 0 Å². The Morgan fingerprint density at radius 3 is 2.52 bits per heavy atom. The van der Waals surface area contributed by atoms with Crippen molar-refractivity contribution in [2.75, 3.05) is 5.32 Å². The van der Waals surface area contributed by atoms with E-state index in [0.29, 0.717) is 17.4 Å². The molecule has 0 aliphatic carbocycles. The minimum atomic E-state index is 0.551. The van der Waals surface area contributed by atoms with E-state index in [0.717, 1.165) is 39.1 Å². The van der Waals surface area contributed by atoms with Gasteiger partial charge in [0.1, 0.15) is 5.82 Å². The second-order valence-electron chi connectivity index (χ2n) is 7.02. The van der Waals surface area contributed by atoms with Crippen molar-refractivity contribution in [1.82, 2.24) is 19.9 Å². The molecule has 0 aliphatic rings. The smallest absolute Gasteiger partial charge is 0.163 e. The van der Waals surface area contributed by atoms with Crippen LogP contribution in [0, 0.1) is 0 Å². The molecule has 0 saturated heterocycles. The van der Waals surface area contributed by atoms with Crippen LogP contribution in [0.4, 0.5) is 5.82 Å². The van der Waals surface area contributed by atoms with Gasteiger partial charge >= 0.3 is 0 Å². The van der Waals surface area contributed by atoms with Crippen LogP contribution in [0.2, 0.25) is 5.02 Å². The lowest BCUT2D eigenvalue weighted by atomic mass is 10.0. The Hall–Kier alpha value is -3.83. The quantitative estimate of drug-likeness (QED) is 0.374. The van der Waals surface area contributed by atoms with Crippen LogP contribution in [0.1, 0.15) is 5.69 Å². The highest BCUT2D eigenvalue weighted by Gasteiger charge is 2.12. The lowest BCUT2D eigenvalue weighted by Crippen LogP contribution is -2.05. The second-order valence-corrected chi connectivity index (χ2v) is 7.43. The number of benzene rings is 2. The number of fused-ring (bicyclic) bond motifs is 1. The Morgan fingerprint density at radius 2 is 1.71 bits per heavy atom. The van der Waals surface area contributed by atoms with E-state index < -0.39 is 0 Å². The van der Waals surface area contributed by atoms with Crippen molar-refractivity contribution in [2.24, 2.45) is 0 Å². The first-order chi connectivity index (χ1) is 15.3. The average molecular weight is 424 g/mol. The molecule has 6 heteroatoms. The van der Waals surface area contributed by atoms with Crippen LogP contribution in [0.15, 0.2) is 91.4 Å². The van der Waals surface area contributed by atoms with Crippen molar-refractivity contribution in [2.45, 2.75) is 6.54 Å². The molecule has 0 amide bonds. The van der Waals surface area contributed by atoms with E-state index in [-0.39, 0.29) is 0 Å². The third kappa shape index (κ3) is 4.09. The zero-order chi connectivity index (χ0) is 21.0. The maximum atomic E-state index is 6.43. The van der Waals surface area contributed by atoms with Crippen LogP contribution >= 0.6 is 11.6 Å². The van der Waals surface area contributed by atoms with Gasteiger partial charge in [-0.1, -0.05) is 41.9 Å². The fraction of sp³-hybridized carbons (Fsp3) is 0.0400. The van der Waals surface area contributed by atoms with Gasteiger partial charge in [-0.3, -0.25) is 9.97 Å². The van der Waals surface area contributed by atoms with Gasteiger partial charge in [0.05, 0.1) is 17.8 Å². The first kappa shape index (κ1) is 19.2. The number of nitrogens with one attached hydrogen (secondary N) is 1. The summed E-state index contributed by atoms with van der Waals surface area (Å²) in [7, 11) is 0. The van der Waals surface area contributed by atoms with Crippen molar-refractivity contribution < 1.29 is 0 Å². The third-order valence-electron chi connectivity index (χ3n) is 4.96. The molecule has 3 aromatic heterocycles. The van der Waals surface area contributed by atoms with Crippen molar-refractivity contribution in [1.29, 1.82) is 0 Å². The summed E-state index contributed by atoms with van der Waals surface area (Å²) in [4.78, 5) is 18.2. The Morgan fingerprint density at radius 1 is 0.806 bits per heavy atom. The molecule has 0 aliphatic heterocycles. The van der Waals surface area contributed by atoms with Crippen LogP contribution in [0.25, 0.3) is 33.4 Å². The third-order valence-corrected chi connectivity index (χ3v) is 5.29. The minimum absolute atomic E-state index is 0.551. The Bertz CT molecular complexity index is 1340. The predicted molar refractivity (Wildman–Crippen MR) is 125 cm³/mol. The number of aromatic nitrogens is 4. The van der Waals surface area contributed by atoms with E-state index in [1.807, 2.05) is 66.7 Å². The van der Waals surface area contributed by atoms with Crippen LogP contribution in [0.5, 0.6) is 0 Å². The maximum Gasteiger partial charge on any atom is 0.163 e. The Labute approximate surface area is 184 Å².